The molecule has 1 aliphatic carbocycles. The largest absolute Gasteiger partial charge is 0.311 e. The van der Waals surface area contributed by atoms with Gasteiger partial charge in [-0.3, -0.25) is 0 Å². The van der Waals surface area contributed by atoms with Gasteiger partial charge in [0.2, 0.25) is 0 Å². The maximum atomic E-state index is 3.90. The Labute approximate surface area is 118 Å². The number of nitrogens with one attached hydrogen (secondary N) is 1. The maximum Gasteiger partial charge on any atom is 0.0107 e. The van der Waals surface area contributed by atoms with Gasteiger partial charge in [-0.1, -0.05) is 50.6 Å². The molecular weight excluding hydrogens is 230 g/mol. The van der Waals surface area contributed by atoms with Crippen LogP contribution >= 0.6 is 0 Å². The van der Waals surface area contributed by atoms with Crippen LogP contribution in [-0.2, 0) is 6.42 Å². The fourth-order valence-electron chi connectivity index (χ4n) is 3.29. The number of hydrogen-bond acceptors (Lipinski definition) is 1. The zero-order chi connectivity index (χ0) is 13.5. The molecule has 0 bridgehead atoms. The lowest BCUT2D eigenvalue weighted by Gasteiger charge is -2.31. The van der Waals surface area contributed by atoms with Crippen LogP contribution in [0.15, 0.2) is 30.3 Å². The van der Waals surface area contributed by atoms with E-state index in [2.05, 4.69) is 49.5 Å². The van der Waals surface area contributed by atoms with Crippen LogP contribution in [0.2, 0.25) is 0 Å². The molecule has 19 heavy (non-hydrogen) atoms. The molecule has 0 amide bonds. The van der Waals surface area contributed by atoms with Crippen molar-refractivity contribution in [3.05, 3.63) is 35.9 Å². The summed E-state index contributed by atoms with van der Waals surface area (Å²) < 4.78 is 0. The standard InChI is InChI=1S/C18H29N/c1-3-15-10-12-18(13-11-15)19-17(4-2)14-16-8-6-5-7-9-16/h5-9,15,17-19H,3-4,10-14H2,1-2H3. The molecule has 1 saturated carbocycles. The second kappa shape index (κ2) is 7.69. The number of rotatable bonds is 6. The second-order valence-corrected chi connectivity index (χ2v) is 6.09. The predicted molar refractivity (Wildman–Crippen MR) is 83.4 cm³/mol. The van der Waals surface area contributed by atoms with Gasteiger partial charge in [0, 0.05) is 12.1 Å². The predicted octanol–water partition coefficient (Wildman–Crippen LogP) is 4.57. The van der Waals surface area contributed by atoms with Gasteiger partial charge in [0.05, 0.1) is 0 Å². The Morgan fingerprint density at radius 2 is 1.74 bits per heavy atom. The van der Waals surface area contributed by atoms with Crippen molar-refractivity contribution in [3.8, 4) is 0 Å². The first-order chi connectivity index (χ1) is 9.31. The fourth-order valence-corrected chi connectivity index (χ4v) is 3.29. The summed E-state index contributed by atoms with van der Waals surface area (Å²) in [7, 11) is 0. The van der Waals surface area contributed by atoms with Crippen LogP contribution in [0.1, 0.15) is 57.9 Å². The lowest BCUT2D eigenvalue weighted by atomic mass is 9.84. The Balaban J connectivity index is 1.79. The molecule has 0 aliphatic heterocycles. The van der Waals surface area contributed by atoms with Crippen molar-refractivity contribution < 1.29 is 0 Å². The topological polar surface area (TPSA) is 12.0 Å². The zero-order valence-electron chi connectivity index (χ0n) is 12.6. The van der Waals surface area contributed by atoms with E-state index >= 15 is 0 Å². The third-order valence-electron chi connectivity index (χ3n) is 4.71. The minimum absolute atomic E-state index is 0.644. The molecule has 1 aromatic carbocycles. The highest BCUT2D eigenvalue weighted by Gasteiger charge is 2.21. The van der Waals surface area contributed by atoms with Gasteiger partial charge >= 0.3 is 0 Å². The Kier molecular flexibility index (Phi) is 5.91. The Hall–Kier alpha value is -0.820. The van der Waals surface area contributed by atoms with Crippen molar-refractivity contribution in [1.29, 1.82) is 0 Å². The van der Waals surface area contributed by atoms with Crippen LogP contribution in [0, 0.1) is 5.92 Å². The molecule has 0 saturated heterocycles. The zero-order valence-corrected chi connectivity index (χ0v) is 12.6. The quantitative estimate of drug-likeness (QED) is 0.789. The van der Waals surface area contributed by atoms with Gasteiger partial charge in [0.15, 0.2) is 0 Å². The van der Waals surface area contributed by atoms with Gasteiger partial charge in [0.1, 0.15) is 0 Å². The first-order valence-electron chi connectivity index (χ1n) is 8.11. The summed E-state index contributed by atoms with van der Waals surface area (Å²) in [5, 5.41) is 3.90. The number of benzene rings is 1. The van der Waals surface area contributed by atoms with E-state index in [4.69, 9.17) is 0 Å². The van der Waals surface area contributed by atoms with E-state index in [1.54, 1.807) is 0 Å². The van der Waals surface area contributed by atoms with Gasteiger partial charge in [-0.15, -0.1) is 0 Å². The summed E-state index contributed by atoms with van der Waals surface area (Å²) in [5.41, 5.74) is 1.46. The van der Waals surface area contributed by atoms with Gasteiger partial charge in [-0.25, -0.2) is 0 Å². The molecule has 0 radical (unpaired) electrons. The molecule has 0 spiro atoms. The van der Waals surface area contributed by atoms with E-state index in [0.29, 0.717) is 6.04 Å². The average Bonchev–Trinajstić information content (AvgIpc) is 2.48. The molecule has 0 heterocycles. The first-order valence-corrected chi connectivity index (χ1v) is 8.11. The molecule has 106 valence electrons. The van der Waals surface area contributed by atoms with Crippen molar-refractivity contribution in [1.82, 2.24) is 5.32 Å². The van der Waals surface area contributed by atoms with Crippen molar-refractivity contribution >= 4 is 0 Å². The van der Waals surface area contributed by atoms with Crippen LogP contribution in [0.5, 0.6) is 0 Å². The molecule has 1 aliphatic rings. The molecule has 2 rings (SSSR count). The highest BCUT2D eigenvalue weighted by molar-refractivity contribution is 5.15. The van der Waals surface area contributed by atoms with Gasteiger partial charge in [0.25, 0.3) is 0 Å². The summed E-state index contributed by atoms with van der Waals surface area (Å²) in [4.78, 5) is 0. The summed E-state index contributed by atoms with van der Waals surface area (Å²) in [6.45, 7) is 4.64. The average molecular weight is 259 g/mol. The first kappa shape index (κ1) is 14.6. The smallest absolute Gasteiger partial charge is 0.0107 e. The SMILES string of the molecule is CCC1CCC(NC(CC)Cc2ccccc2)CC1. The van der Waals surface area contributed by atoms with Crippen molar-refractivity contribution in [2.45, 2.75) is 70.9 Å². The molecule has 1 N–H and O–H groups in total. The van der Waals surface area contributed by atoms with E-state index in [1.165, 1.54) is 50.5 Å². The van der Waals surface area contributed by atoms with Crippen LogP contribution in [0.3, 0.4) is 0 Å². The van der Waals surface area contributed by atoms with E-state index in [0.717, 1.165) is 12.0 Å². The lowest BCUT2D eigenvalue weighted by Crippen LogP contribution is -2.41. The third-order valence-corrected chi connectivity index (χ3v) is 4.71. The molecule has 1 heteroatoms. The van der Waals surface area contributed by atoms with Gasteiger partial charge < -0.3 is 5.32 Å². The molecule has 0 aromatic heterocycles. The summed E-state index contributed by atoms with van der Waals surface area (Å²) in [6.07, 6.45) is 9.38. The van der Waals surface area contributed by atoms with Crippen LogP contribution in [0.25, 0.3) is 0 Å². The Morgan fingerprint density at radius 1 is 1.05 bits per heavy atom. The van der Waals surface area contributed by atoms with E-state index in [-0.39, 0.29) is 0 Å². The van der Waals surface area contributed by atoms with Gasteiger partial charge in [-0.05, 0) is 50.0 Å². The van der Waals surface area contributed by atoms with E-state index in [9.17, 15) is 0 Å². The summed E-state index contributed by atoms with van der Waals surface area (Å²) in [6, 6.07) is 12.3. The highest BCUT2D eigenvalue weighted by atomic mass is 14.9. The highest BCUT2D eigenvalue weighted by Crippen LogP contribution is 2.27. The molecule has 1 atom stereocenters. The van der Waals surface area contributed by atoms with Crippen LogP contribution in [-0.4, -0.2) is 12.1 Å². The molecular formula is C18H29N. The van der Waals surface area contributed by atoms with Gasteiger partial charge in [-0.2, -0.15) is 0 Å². The van der Waals surface area contributed by atoms with Crippen molar-refractivity contribution in [2.75, 3.05) is 0 Å². The molecule has 1 nitrogen and oxygen atoms in total. The summed E-state index contributed by atoms with van der Waals surface area (Å²) >= 11 is 0. The van der Waals surface area contributed by atoms with E-state index in [1.807, 2.05) is 0 Å². The Bertz CT molecular complexity index is 338. The second-order valence-electron chi connectivity index (χ2n) is 6.09. The fraction of sp³-hybridized carbons (Fsp3) is 0.667. The van der Waals surface area contributed by atoms with Crippen molar-refractivity contribution in [3.63, 3.8) is 0 Å². The maximum absolute atomic E-state index is 3.90. The monoisotopic (exact) mass is 259 g/mol. The Morgan fingerprint density at radius 3 is 2.32 bits per heavy atom. The summed E-state index contributed by atoms with van der Waals surface area (Å²) in [5.74, 6) is 0.993. The normalized spacial score (nSPS) is 25.2. The number of hydrogen-bond donors (Lipinski definition) is 1. The minimum Gasteiger partial charge on any atom is -0.311 e. The molecule has 1 unspecified atom stereocenters. The van der Waals surface area contributed by atoms with E-state index < -0.39 is 0 Å². The van der Waals surface area contributed by atoms with Crippen molar-refractivity contribution in [2.24, 2.45) is 5.92 Å². The van der Waals surface area contributed by atoms with Crippen LogP contribution < -0.4 is 5.32 Å². The molecule has 1 fully saturated rings. The van der Waals surface area contributed by atoms with Crippen LogP contribution in [0.4, 0.5) is 0 Å². The molecule has 1 aromatic rings. The minimum atomic E-state index is 0.644. The third kappa shape index (κ3) is 4.65. The lowest BCUT2D eigenvalue weighted by molar-refractivity contribution is 0.266.